The van der Waals surface area contributed by atoms with E-state index in [1.807, 2.05) is 13.8 Å². The van der Waals surface area contributed by atoms with E-state index in [-0.39, 0.29) is 669 Å². The van der Waals surface area contributed by atoms with E-state index in [9.17, 15) is 0 Å². The molecule has 0 nitrogen and oxygen atoms in total. The Morgan fingerprint density at radius 1 is 0.231 bits per heavy atom. The van der Waals surface area contributed by atoms with Crippen LogP contribution < -0.4 is 0 Å². The van der Waals surface area contributed by atoms with Gasteiger partial charge in [-0.1, -0.05) is 13.8 Å². The largest absolute Gasteiger partial charge is 0.358 e. The molecular weight excluding hydrogens is 1850 g/mol. The summed E-state index contributed by atoms with van der Waals surface area (Å²) < 4.78 is 0. The average molecular weight is 1870 g/mol. The molecule has 104 valence electrons. The average Bonchev–Trinajstić information content (AvgIpc) is 1.50. The van der Waals surface area contributed by atoms with Crippen LogP contribution in [0.1, 0.15) is 20.8 Å². The Bertz CT molecular complexity index is 20.3. The molecule has 0 aliphatic carbocycles. The first-order valence-corrected chi connectivity index (χ1v) is 1.71. The Balaban J connectivity index is -0.0000000000758. The molecule has 0 aromatic heterocycles. The first kappa shape index (κ1) is 184. The summed E-state index contributed by atoms with van der Waals surface area (Å²) in [5, 5.41) is 0. The minimum Gasteiger partial charge on any atom is -0.358 e. The van der Waals surface area contributed by atoms with E-state index in [1.54, 1.807) is 6.92 Å². The smallest absolute Gasteiger partial charge is 0 e. The summed E-state index contributed by atoms with van der Waals surface area (Å²) in [6.45, 7) is 9.00. The fourth-order valence-electron chi connectivity index (χ4n) is 0. The van der Waals surface area contributed by atoms with Crippen LogP contribution in [-0.4, -0.2) is 0 Å². The summed E-state index contributed by atoms with van der Waals surface area (Å²) in [6, 6.07) is 0. The van der Waals surface area contributed by atoms with Gasteiger partial charge in [-0.2, -0.15) is 6.92 Å². The van der Waals surface area contributed by atoms with Gasteiger partial charge in [0, 0.05) is 654 Å². The van der Waals surface area contributed by atoms with Gasteiger partial charge in [0.05, 0.1) is 0 Å². The van der Waals surface area contributed by atoms with Crippen LogP contribution >= 0.6 is 0 Å². The summed E-state index contributed by atoms with van der Waals surface area (Å²) in [4.78, 5) is 0. The topological polar surface area (TPSA) is 0 Å². The molecule has 20 radical (unpaired) electrons. The van der Waals surface area contributed by atoms with Gasteiger partial charge in [-0.05, 0) is 0 Å². The number of hydrogen-bond donors (Lipinski definition) is 0. The first-order chi connectivity index (χ1) is 2.00. The molecule has 0 rings (SSSR count). The summed E-state index contributed by atoms with van der Waals surface area (Å²) in [5.41, 5.74) is 0. The van der Waals surface area contributed by atoms with E-state index in [0.717, 1.165) is 0 Å². The van der Waals surface area contributed by atoms with Crippen molar-refractivity contribution in [2.24, 2.45) is 0 Å². The Hall–Kier alpha value is 22.1. The van der Waals surface area contributed by atoms with E-state index in [1.165, 1.54) is 0 Å². The molecule has 20 heteroatoms. The molecule has 0 aliphatic rings. The van der Waals surface area contributed by atoms with Gasteiger partial charge in [-0.15, -0.1) is 0 Å². The van der Waals surface area contributed by atoms with Crippen LogP contribution in [0.4, 0.5) is 0 Å². The normalized spacial score (nSPS) is 0.462. The molecule has 26 heavy (non-hydrogen) atoms. The van der Waals surface area contributed by atoms with Crippen LogP contribution in [0, 0.1) is 21.8 Å². The number of hydrogen-bond acceptors (Lipinski definition) is 0. The van der Waals surface area contributed by atoms with Crippen molar-refractivity contribution in [1.29, 1.82) is 0 Å². The molecule has 0 aliphatic heterocycles. The molecule has 0 saturated carbocycles. The summed E-state index contributed by atoms with van der Waals surface area (Å²) in [7, 11) is 0. The van der Waals surface area contributed by atoms with Crippen molar-refractivity contribution < 1.29 is 654 Å². The van der Waals surface area contributed by atoms with E-state index < -0.39 is 0 Å². The fraction of sp³-hybridized carbons (Fsp3) is 0.500. The maximum Gasteiger partial charge on any atom is 0 e. The van der Waals surface area contributed by atoms with E-state index in [2.05, 4.69) is 6.92 Å². The van der Waals surface area contributed by atoms with Crippen molar-refractivity contribution in [1.82, 2.24) is 0 Å². The third-order valence-corrected chi connectivity index (χ3v) is 0. The van der Waals surface area contributed by atoms with Gasteiger partial charge in [-0.3, -0.25) is 0 Å². The van der Waals surface area contributed by atoms with Gasteiger partial charge in [0.1, 0.15) is 0 Å². The second-order valence-corrected chi connectivity index (χ2v) is 0. The third-order valence-electron chi connectivity index (χ3n) is 0. The predicted molar refractivity (Wildman–Crippen MR) is 35.2 cm³/mol. The monoisotopic (exact) mass is 1870 g/mol. The molecule has 0 heterocycles. The van der Waals surface area contributed by atoms with E-state index in [0.29, 0.717) is 0 Å². The van der Waals surface area contributed by atoms with Gasteiger partial charge in [0.2, 0.25) is 0 Å². The summed E-state index contributed by atoms with van der Waals surface area (Å²) in [6.07, 6.45) is 0. The molecule has 0 spiro atoms. The predicted octanol–water partition coefficient (Wildman–Crippen LogP) is 2.72. The minimum atomic E-state index is 0. The number of rotatable bonds is 0. The SMILES string of the molecule is CC.[CH2-]C.[CH3-].[CH3-].[Y].[Y].[Y].[Y].[Y].[Y].[Y].[Y].[Y].[Y].[Y].[Y].[Y].[Y].[Y].[Y].[Y].[Y].[Y].[Y]. The van der Waals surface area contributed by atoms with Crippen molar-refractivity contribution in [2.75, 3.05) is 0 Å². The minimum absolute atomic E-state index is 0. The second kappa shape index (κ2) is 205. The van der Waals surface area contributed by atoms with Gasteiger partial charge < -0.3 is 21.8 Å². The Morgan fingerprint density at radius 3 is 0.231 bits per heavy atom. The maximum absolute atomic E-state index is 3.25. The molecule has 0 amide bonds. The molecule has 0 unspecified atom stereocenters. The van der Waals surface area contributed by atoms with Crippen molar-refractivity contribution in [3.05, 3.63) is 21.8 Å². The van der Waals surface area contributed by atoms with Crippen LogP contribution in [0.15, 0.2) is 0 Å². The maximum atomic E-state index is 3.25. The molecule has 0 aromatic rings. The van der Waals surface area contributed by atoms with Crippen molar-refractivity contribution in [3.63, 3.8) is 0 Å². The van der Waals surface area contributed by atoms with Gasteiger partial charge in [0.25, 0.3) is 0 Å². The van der Waals surface area contributed by atoms with Crippen LogP contribution in [0.3, 0.4) is 0 Å². The van der Waals surface area contributed by atoms with Crippen molar-refractivity contribution in [2.45, 2.75) is 20.8 Å². The van der Waals surface area contributed by atoms with Crippen molar-refractivity contribution in [3.8, 4) is 0 Å². The first-order valence-electron chi connectivity index (χ1n) is 1.71. The molecule has 0 bridgehead atoms. The Morgan fingerprint density at radius 2 is 0.231 bits per heavy atom. The molecule has 0 aromatic carbocycles. The Kier molecular flexibility index (Phi) is 1450. The third kappa shape index (κ3) is 192. The molecule has 0 atom stereocenters. The van der Waals surface area contributed by atoms with Crippen LogP contribution in [0.25, 0.3) is 0 Å². The Labute approximate surface area is 671 Å². The fourth-order valence-corrected chi connectivity index (χ4v) is 0. The molecular formula is C6H17Y20-3. The zero-order valence-electron chi connectivity index (χ0n) is 17.3. The van der Waals surface area contributed by atoms with Gasteiger partial charge in [-0.25, -0.2) is 0 Å². The zero-order valence-corrected chi connectivity index (χ0v) is 74.0. The zero-order chi connectivity index (χ0) is 4.00. The van der Waals surface area contributed by atoms with Crippen LogP contribution in [-0.2, 0) is 654 Å². The standard InChI is InChI=1S/C2H6.C2H5.2CH3.20Y/c2*1-2;;;;;;;;;;;;;;;;;;;;;;/h1-2H3;1H2,2H3;2*1H3;;;;;;;;;;;;;;;;;;;;/q;3*-1;;;;;;;;;;;;;;;;;;;;. The van der Waals surface area contributed by atoms with Gasteiger partial charge >= 0.3 is 0 Å². The van der Waals surface area contributed by atoms with Crippen LogP contribution in [0.2, 0.25) is 0 Å². The van der Waals surface area contributed by atoms with Gasteiger partial charge in [0.15, 0.2) is 0 Å². The molecule has 0 saturated heterocycles. The van der Waals surface area contributed by atoms with E-state index >= 15 is 0 Å². The molecule has 0 fully saturated rings. The summed E-state index contributed by atoms with van der Waals surface area (Å²) >= 11 is 0. The van der Waals surface area contributed by atoms with Crippen molar-refractivity contribution >= 4 is 0 Å². The van der Waals surface area contributed by atoms with Crippen LogP contribution in [0.5, 0.6) is 0 Å². The van der Waals surface area contributed by atoms with E-state index in [4.69, 9.17) is 0 Å². The quantitative estimate of drug-likeness (QED) is 0.328. The second-order valence-electron chi connectivity index (χ2n) is 0. The molecule has 0 N–H and O–H groups in total. The summed E-state index contributed by atoms with van der Waals surface area (Å²) in [5.74, 6) is 0.